The first-order valence-electron chi connectivity index (χ1n) is 7.58. The molecule has 1 amide bonds. The summed E-state index contributed by atoms with van der Waals surface area (Å²) >= 11 is 0. The number of hydrogen-bond acceptors (Lipinski definition) is 2. The van der Waals surface area contributed by atoms with Gasteiger partial charge in [-0.2, -0.15) is 0 Å². The minimum Gasteiger partial charge on any atom is -0.383 e. The number of carbonyl (C=O) groups excluding carboxylic acids is 1. The van der Waals surface area contributed by atoms with E-state index in [-0.39, 0.29) is 11.9 Å². The molecule has 114 valence electrons. The highest BCUT2D eigenvalue weighted by Gasteiger charge is 2.24. The molecule has 2 aromatic rings. The second kappa shape index (κ2) is 7.27. The summed E-state index contributed by atoms with van der Waals surface area (Å²) in [7, 11) is 1.67. The summed E-state index contributed by atoms with van der Waals surface area (Å²) in [5.41, 5.74) is 1.74. The number of nitrogens with one attached hydrogen (secondary N) is 1. The smallest absolute Gasteiger partial charge is 0.256 e. The quantitative estimate of drug-likeness (QED) is 0.848. The number of nitrogens with zero attached hydrogens (tertiary/aromatic N) is 1. The van der Waals surface area contributed by atoms with E-state index in [1.165, 1.54) is 0 Å². The highest BCUT2D eigenvalue weighted by molar-refractivity contribution is 6.06. The summed E-state index contributed by atoms with van der Waals surface area (Å²) in [5.74, 6) is 0.0817. The molecule has 0 saturated carbocycles. The molecule has 0 unspecified atom stereocenters. The average Bonchev–Trinajstić information content (AvgIpc) is 2.95. The molecule has 0 aliphatic rings. The van der Waals surface area contributed by atoms with Crippen molar-refractivity contribution < 1.29 is 9.53 Å². The molecular weight excluding hydrogens is 264 g/mol. The van der Waals surface area contributed by atoms with E-state index in [0.29, 0.717) is 13.2 Å². The van der Waals surface area contributed by atoms with Crippen molar-refractivity contribution in [2.75, 3.05) is 20.3 Å². The van der Waals surface area contributed by atoms with Crippen LogP contribution in [-0.4, -0.2) is 42.1 Å². The van der Waals surface area contributed by atoms with Gasteiger partial charge in [-0.15, -0.1) is 0 Å². The Hall–Kier alpha value is -1.81. The molecule has 0 bridgehead atoms. The number of carbonyl (C=O) groups is 1. The normalized spacial score (nSPS) is 11.2. The Morgan fingerprint density at radius 3 is 2.67 bits per heavy atom. The molecule has 0 aliphatic carbocycles. The van der Waals surface area contributed by atoms with Crippen LogP contribution in [0.2, 0.25) is 0 Å². The summed E-state index contributed by atoms with van der Waals surface area (Å²) in [4.78, 5) is 18.1. The van der Waals surface area contributed by atoms with Crippen LogP contribution in [-0.2, 0) is 4.74 Å². The maximum Gasteiger partial charge on any atom is 0.256 e. The zero-order chi connectivity index (χ0) is 15.2. The van der Waals surface area contributed by atoms with Gasteiger partial charge in [0.2, 0.25) is 0 Å². The van der Waals surface area contributed by atoms with E-state index in [1.54, 1.807) is 7.11 Å². The van der Waals surface area contributed by atoms with Crippen LogP contribution in [0, 0.1) is 0 Å². The van der Waals surface area contributed by atoms with E-state index < -0.39 is 0 Å². The fourth-order valence-electron chi connectivity index (χ4n) is 2.77. The van der Waals surface area contributed by atoms with Gasteiger partial charge in [-0.25, -0.2) is 0 Å². The largest absolute Gasteiger partial charge is 0.383 e. The molecule has 0 fully saturated rings. The number of H-pyrrole nitrogens is 1. The highest BCUT2D eigenvalue weighted by atomic mass is 16.5. The van der Waals surface area contributed by atoms with Crippen molar-refractivity contribution in [3.63, 3.8) is 0 Å². The van der Waals surface area contributed by atoms with Crippen molar-refractivity contribution in [3.05, 3.63) is 36.0 Å². The van der Waals surface area contributed by atoms with Gasteiger partial charge in [-0.3, -0.25) is 4.79 Å². The summed E-state index contributed by atoms with van der Waals surface area (Å²) in [6, 6.07) is 8.16. The fourth-order valence-corrected chi connectivity index (χ4v) is 2.77. The minimum atomic E-state index is 0.0817. The average molecular weight is 288 g/mol. The zero-order valence-electron chi connectivity index (χ0n) is 13.1. The second-order valence-corrected chi connectivity index (χ2v) is 5.21. The Morgan fingerprint density at radius 2 is 2.00 bits per heavy atom. The molecule has 4 nitrogen and oxygen atoms in total. The number of amides is 1. The molecule has 1 aromatic heterocycles. The van der Waals surface area contributed by atoms with Gasteiger partial charge in [0.1, 0.15) is 0 Å². The van der Waals surface area contributed by atoms with Crippen LogP contribution in [0.3, 0.4) is 0 Å². The first kappa shape index (κ1) is 15.6. The summed E-state index contributed by atoms with van der Waals surface area (Å²) in [5, 5.41) is 0.982. The number of methoxy groups -OCH3 is 1. The van der Waals surface area contributed by atoms with Crippen LogP contribution in [0.1, 0.15) is 37.0 Å². The molecule has 1 aromatic carbocycles. The summed E-state index contributed by atoms with van der Waals surface area (Å²) in [6.45, 7) is 5.43. The topological polar surface area (TPSA) is 45.3 Å². The standard InChI is InChI=1S/C17H24N2O2/c1-4-13(5-2)19(10-11-21-3)17(20)15-12-18-16-9-7-6-8-14(15)16/h6-9,12-13,18H,4-5,10-11H2,1-3H3. The van der Waals surface area contributed by atoms with Crippen molar-refractivity contribution in [1.29, 1.82) is 0 Å². The lowest BCUT2D eigenvalue weighted by atomic mass is 10.1. The lowest BCUT2D eigenvalue weighted by Gasteiger charge is -2.30. The van der Waals surface area contributed by atoms with E-state index in [0.717, 1.165) is 29.3 Å². The number of rotatable bonds is 7. The number of hydrogen-bond donors (Lipinski definition) is 1. The molecule has 0 spiro atoms. The van der Waals surface area contributed by atoms with E-state index in [2.05, 4.69) is 18.8 Å². The Labute approximate surface area is 126 Å². The first-order valence-corrected chi connectivity index (χ1v) is 7.58. The van der Waals surface area contributed by atoms with Crippen LogP contribution >= 0.6 is 0 Å². The van der Waals surface area contributed by atoms with Crippen LogP contribution in [0.4, 0.5) is 0 Å². The number of aromatic nitrogens is 1. The van der Waals surface area contributed by atoms with Gasteiger partial charge in [0.25, 0.3) is 5.91 Å². The van der Waals surface area contributed by atoms with E-state index in [9.17, 15) is 4.79 Å². The highest BCUT2D eigenvalue weighted by Crippen LogP contribution is 2.21. The maximum atomic E-state index is 12.9. The zero-order valence-corrected chi connectivity index (χ0v) is 13.1. The lowest BCUT2D eigenvalue weighted by Crippen LogP contribution is -2.41. The minimum absolute atomic E-state index is 0.0817. The van der Waals surface area contributed by atoms with Crippen LogP contribution in [0.15, 0.2) is 30.5 Å². The van der Waals surface area contributed by atoms with Gasteiger partial charge >= 0.3 is 0 Å². The summed E-state index contributed by atoms with van der Waals surface area (Å²) in [6.07, 6.45) is 3.72. The van der Waals surface area contributed by atoms with E-state index in [1.807, 2.05) is 35.4 Å². The van der Waals surface area contributed by atoms with Gasteiger partial charge < -0.3 is 14.6 Å². The van der Waals surface area contributed by atoms with Crippen molar-refractivity contribution in [2.24, 2.45) is 0 Å². The Bertz CT molecular complexity index is 587. The predicted octanol–water partition coefficient (Wildman–Crippen LogP) is 3.45. The Kier molecular flexibility index (Phi) is 5.39. The third-order valence-corrected chi connectivity index (χ3v) is 4.00. The third kappa shape index (κ3) is 3.27. The van der Waals surface area contributed by atoms with Crippen molar-refractivity contribution >= 4 is 16.8 Å². The Morgan fingerprint density at radius 1 is 1.29 bits per heavy atom. The van der Waals surface area contributed by atoms with Gasteiger partial charge in [0.15, 0.2) is 0 Å². The van der Waals surface area contributed by atoms with Crippen LogP contribution in [0.25, 0.3) is 10.9 Å². The molecule has 0 radical (unpaired) electrons. The predicted molar refractivity (Wildman–Crippen MR) is 85.6 cm³/mol. The molecule has 0 saturated heterocycles. The number of fused-ring (bicyclic) bond motifs is 1. The van der Waals surface area contributed by atoms with Crippen molar-refractivity contribution in [1.82, 2.24) is 9.88 Å². The molecule has 4 heteroatoms. The molecule has 0 aliphatic heterocycles. The molecule has 0 atom stereocenters. The van der Waals surface area contributed by atoms with Gasteiger partial charge in [-0.1, -0.05) is 32.0 Å². The first-order chi connectivity index (χ1) is 10.2. The monoisotopic (exact) mass is 288 g/mol. The molecule has 21 heavy (non-hydrogen) atoms. The number of ether oxygens (including phenoxy) is 1. The SMILES string of the molecule is CCC(CC)N(CCOC)C(=O)c1c[nH]c2ccccc12. The van der Waals surface area contributed by atoms with Gasteiger partial charge in [-0.05, 0) is 18.9 Å². The van der Waals surface area contributed by atoms with Crippen LogP contribution < -0.4 is 0 Å². The molecule has 1 N–H and O–H groups in total. The Balaban J connectivity index is 2.32. The lowest BCUT2D eigenvalue weighted by molar-refractivity contribution is 0.0591. The molecule has 1 heterocycles. The van der Waals surface area contributed by atoms with Gasteiger partial charge in [0.05, 0.1) is 12.2 Å². The summed E-state index contributed by atoms with van der Waals surface area (Å²) < 4.78 is 5.16. The number of benzene rings is 1. The number of para-hydroxylation sites is 1. The van der Waals surface area contributed by atoms with E-state index in [4.69, 9.17) is 4.74 Å². The fraction of sp³-hybridized carbons (Fsp3) is 0.471. The molecule has 2 rings (SSSR count). The van der Waals surface area contributed by atoms with Crippen LogP contribution in [0.5, 0.6) is 0 Å². The second-order valence-electron chi connectivity index (χ2n) is 5.21. The van der Waals surface area contributed by atoms with Crippen molar-refractivity contribution in [3.8, 4) is 0 Å². The van der Waals surface area contributed by atoms with Crippen molar-refractivity contribution in [2.45, 2.75) is 32.7 Å². The van der Waals surface area contributed by atoms with E-state index >= 15 is 0 Å². The third-order valence-electron chi connectivity index (χ3n) is 4.00. The number of aromatic amines is 1. The van der Waals surface area contributed by atoms with Gasteiger partial charge in [0, 0.05) is 36.8 Å². The maximum absolute atomic E-state index is 12.9. The molecular formula is C17H24N2O2.